The highest BCUT2D eigenvalue weighted by Crippen LogP contribution is 2.30. The third kappa shape index (κ3) is 4.36. The average Bonchev–Trinajstić information content (AvgIpc) is 2.99. The number of carbonyl (C=O) groups excluding carboxylic acids is 4. The van der Waals surface area contributed by atoms with Crippen LogP contribution in [0.3, 0.4) is 0 Å². The van der Waals surface area contributed by atoms with Crippen LogP contribution in [0.15, 0.2) is 18.2 Å². The van der Waals surface area contributed by atoms with Crippen molar-refractivity contribution in [3.63, 3.8) is 0 Å². The topological polar surface area (TPSA) is 136 Å². The molecule has 1 atom stereocenters. The summed E-state index contributed by atoms with van der Waals surface area (Å²) in [6.07, 6.45) is -0.688. The molecule has 0 saturated carbocycles. The molecule has 1 saturated heterocycles. The lowest BCUT2D eigenvalue weighted by atomic mass is 10.0. The number of hydrogen-bond acceptors (Lipinski definition) is 5. The Morgan fingerprint density at radius 2 is 2.07 bits per heavy atom. The molecule has 1 aromatic rings. The van der Waals surface area contributed by atoms with Crippen LogP contribution < -0.4 is 10.6 Å². The average molecular weight is 402 g/mol. The van der Waals surface area contributed by atoms with Crippen LogP contribution >= 0.6 is 0 Å². The Bertz CT molecular complexity index is 883. The van der Waals surface area contributed by atoms with E-state index in [1.807, 2.05) is 6.07 Å². The summed E-state index contributed by atoms with van der Waals surface area (Å²) in [7, 11) is 1.61. The number of imide groups is 1. The van der Waals surface area contributed by atoms with E-state index in [1.165, 1.54) is 9.80 Å². The zero-order valence-corrected chi connectivity index (χ0v) is 15.9. The Balaban J connectivity index is 1.70. The Kier molecular flexibility index (Phi) is 5.81. The second-order valence-corrected chi connectivity index (χ2v) is 7.07. The molecule has 2 aliphatic heterocycles. The van der Waals surface area contributed by atoms with Gasteiger partial charge >= 0.3 is 6.09 Å². The monoisotopic (exact) mass is 402 g/mol. The van der Waals surface area contributed by atoms with Crippen molar-refractivity contribution in [2.75, 3.05) is 13.6 Å². The van der Waals surface area contributed by atoms with Gasteiger partial charge in [-0.1, -0.05) is 12.1 Å². The Morgan fingerprint density at radius 1 is 1.31 bits per heavy atom. The number of hydrogen-bond donors (Lipinski definition) is 3. The fourth-order valence-corrected chi connectivity index (χ4v) is 3.61. The lowest BCUT2D eigenvalue weighted by molar-refractivity contribution is -0.137. The van der Waals surface area contributed by atoms with Gasteiger partial charge in [-0.3, -0.25) is 24.5 Å². The van der Waals surface area contributed by atoms with Crippen LogP contribution in [0.1, 0.15) is 40.7 Å². The number of rotatable bonds is 6. The van der Waals surface area contributed by atoms with Crippen LogP contribution in [-0.4, -0.2) is 64.3 Å². The van der Waals surface area contributed by atoms with Gasteiger partial charge in [0.25, 0.3) is 5.91 Å². The van der Waals surface area contributed by atoms with Crippen LogP contribution in [0.2, 0.25) is 0 Å². The van der Waals surface area contributed by atoms with Gasteiger partial charge in [0.15, 0.2) is 0 Å². The highest BCUT2D eigenvalue weighted by atomic mass is 16.4. The van der Waals surface area contributed by atoms with Crippen LogP contribution in [0, 0.1) is 0 Å². The first-order chi connectivity index (χ1) is 13.8. The van der Waals surface area contributed by atoms with Crippen LogP contribution in [0.5, 0.6) is 0 Å². The molecule has 10 heteroatoms. The van der Waals surface area contributed by atoms with Gasteiger partial charge in [-0.15, -0.1) is 0 Å². The number of nitrogens with zero attached hydrogens (tertiary/aromatic N) is 2. The fraction of sp³-hybridized carbons (Fsp3) is 0.421. The Hall–Kier alpha value is -3.43. The van der Waals surface area contributed by atoms with Crippen molar-refractivity contribution < 1.29 is 29.1 Å². The second-order valence-electron chi connectivity index (χ2n) is 7.07. The molecule has 0 spiro atoms. The molecule has 154 valence electrons. The standard InChI is InChI=1S/C19H22N4O6/c1-22(16(25)7-8-20-19(28)29)9-11-3-2-4-12-13(11)10-23(18(12)27)14-5-6-15(24)21-17(14)26/h2-4,14,20H,5-10H2,1H3,(H,28,29)(H,21,24,26). The molecule has 0 aromatic heterocycles. The number of carbonyl (C=O) groups is 5. The maximum atomic E-state index is 12.8. The molecule has 0 radical (unpaired) electrons. The lowest BCUT2D eigenvalue weighted by Gasteiger charge is -2.29. The van der Waals surface area contributed by atoms with E-state index < -0.39 is 18.0 Å². The minimum absolute atomic E-state index is 0.0210. The summed E-state index contributed by atoms with van der Waals surface area (Å²) >= 11 is 0. The summed E-state index contributed by atoms with van der Waals surface area (Å²) in [6.45, 7) is 0.512. The zero-order valence-electron chi connectivity index (χ0n) is 15.9. The van der Waals surface area contributed by atoms with Crippen LogP contribution in [-0.2, 0) is 27.5 Å². The molecule has 1 aromatic carbocycles. The third-order valence-electron chi connectivity index (χ3n) is 5.13. The number of nitrogens with one attached hydrogen (secondary N) is 2. The number of carboxylic acid groups (broad SMARTS) is 1. The highest BCUT2D eigenvalue weighted by Gasteiger charge is 2.39. The summed E-state index contributed by atoms with van der Waals surface area (Å²) < 4.78 is 0. The predicted octanol–water partition coefficient (Wildman–Crippen LogP) is 0.0637. The van der Waals surface area contributed by atoms with Crippen molar-refractivity contribution >= 4 is 29.7 Å². The molecule has 0 aliphatic carbocycles. The molecule has 2 aliphatic rings. The van der Waals surface area contributed by atoms with Crippen molar-refractivity contribution in [3.8, 4) is 0 Å². The van der Waals surface area contributed by atoms with E-state index in [-0.39, 0.29) is 56.6 Å². The molecule has 29 heavy (non-hydrogen) atoms. The number of piperidine rings is 1. The van der Waals surface area contributed by atoms with E-state index in [0.717, 1.165) is 11.1 Å². The summed E-state index contributed by atoms with van der Waals surface area (Å²) in [5.74, 6) is -1.31. The van der Waals surface area contributed by atoms with Gasteiger partial charge in [-0.2, -0.15) is 0 Å². The molecule has 10 nitrogen and oxygen atoms in total. The summed E-state index contributed by atoms with van der Waals surface area (Å²) in [5, 5.41) is 13.0. The van der Waals surface area contributed by atoms with Gasteiger partial charge in [-0.25, -0.2) is 4.79 Å². The highest BCUT2D eigenvalue weighted by molar-refractivity contribution is 6.05. The Labute approximate surface area is 166 Å². The number of amides is 5. The van der Waals surface area contributed by atoms with E-state index >= 15 is 0 Å². The van der Waals surface area contributed by atoms with Crippen molar-refractivity contribution in [2.45, 2.75) is 38.4 Å². The molecule has 3 N–H and O–H groups in total. The third-order valence-corrected chi connectivity index (χ3v) is 5.13. The predicted molar refractivity (Wildman–Crippen MR) is 99.6 cm³/mol. The van der Waals surface area contributed by atoms with Gasteiger partial charge in [0.1, 0.15) is 6.04 Å². The summed E-state index contributed by atoms with van der Waals surface area (Å²) in [6, 6.07) is 4.54. The van der Waals surface area contributed by atoms with Gasteiger partial charge in [0.2, 0.25) is 17.7 Å². The van der Waals surface area contributed by atoms with E-state index in [1.54, 1.807) is 19.2 Å². The van der Waals surface area contributed by atoms with Crippen LogP contribution in [0.25, 0.3) is 0 Å². The van der Waals surface area contributed by atoms with Gasteiger partial charge < -0.3 is 20.2 Å². The maximum Gasteiger partial charge on any atom is 0.404 e. The molecule has 1 fully saturated rings. The molecule has 2 heterocycles. The van der Waals surface area contributed by atoms with Gasteiger partial charge in [0.05, 0.1) is 0 Å². The molecular weight excluding hydrogens is 380 g/mol. The minimum Gasteiger partial charge on any atom is -0.465 e. The van der Waals surface area contributed by atoms with E-state index in [0.29, 0.717) is 5.56 Å². The number of fused-ring (bicyclic) bond motifs is 1. The van der Waals surface area contributed by atoms with Gasteiger partial charge in [0, 0.05) is 45.1 Å². The van der Waals surface area contributed by atoms with Gasteiger partial charge in [-0.05, 0) is 23.6 Å². The van der Waals surface area contributed by atoms with Crippen molar-refractivity contribution in [1.29, 1.82) is 0 Å². The van der Waals surface area contributed by atoms with Crippen molar-refractivity contribution in [2.24, 2.45) is 0 Å². The normalized spacial score (nSPS) is 18.3. The fourth-order valence-electron chi connectivity index (χ4n) is 3.61. The first kappa shape index (κ1) is 20.3. The zero-order chi connectivity index (χ0) is 21.1. The lowest BCUT2D eigenvalue weighted by Crippen LogP contribution is -2.52. The summed E-state index contributed by atoms with van der Waals surface area (Å²) in [4.78, 5) is 62.0. The summed E-state index contributed by atoms with van der Waals surface area (Å²) in [5.41, 5.74) is 2.03. The maximum absolute atomic E-state index is 12.8. The molecule has 5 amide bonds. The van der Waals surface area contributed by atoms with E-state index in [4.69, 9.17) is 5.11 Å². The van der Waals surface area contributed by atoms with Crippen molar-refractivity contribution in [3.05, 3.63) is 34.9 Å². The first-order valence-corrected chi connectivity index (χ1v) is 9.24. The van der Waals surface area contributed by atoms with Crippen LogP contribution in [0.4, 0.5) is 4.79 Å². The van der Waals surface area contributed by atoms with E-state index in [2.05, 4.69) is 10.6 Å². The molecule has 3 rings (SSSR count). The quantitative estimate of drug-likeness (QED) is 0.576. The first-order valence-electron chi connectivity index (χ1n) is 9.24. The number of benzene rings is 1. The largest absolute Gasteiger partial charge is 0.465 e. The molecular formula is C19H22N4O6. The molecule has 0 bridgehead atoms. The molecule has 1 unspecified atom stereocenters. The Morgan fingerprint density at radius 3 is 2.76 bits per heavy atom. The SMILES string of the molecule is CN(Cc1cccc2c1CN(C1CCC(=O)NC1=O)C2=O)C(=O)CCNC(=O)O. The van der Waals surface area contributed by atoms with Crippen molar-refractivity contribution in [1.82, 2.24) is 20.4 Å². The van der Waals surface area contributed by atoms with E-state index in [9.17, 15) is 24.0 Å². The second kappa shape index (κ2) is 8.29. The smallest absolute Gasteiger partial charge is 0.404 e. The minimum atomic E-state index is -1.19.